The molecule has 0 atom stereocenters. The van der Waals surface area contributed by atoms with Gasteiger partial charge in [-0.25, -0.2) is 8.42 Å². The molecule has 1 fully saturated rings. The van der Waals surface area contributed by atoms with Crippen molar-refractivity contribution in [2.45, 2.75) is 45.6 Å². The topological polar surface area (TPSA) is 68.6 Å². The lowest BCUT2D eigenvalue weighted by atomic mass is 10.0. The van der Waals surface area contributed by atoms with Gasteiger partial charge in [0.2, 0.25) is 10.0 Å². The molecule has 2 heterocycles. The number of aryl methyl sites for hydroxylation is 3. The quantitative estimate of drug-likeness (QED) is 0.804. The normalized spacial score (nSPS) is 15.6. The van der Waals surface area contributed by atoms with Gasteiger partial charge in [-0.05, 0) is 62.9 Å². The molecule has 0 radical (unpaired) electrons. The van der Waals surface area contributed by atoms with E-state index in [0.29, 0.717) is 10.6 Å². The van der Waals surface area contributed by atoms with Crippen LogP contribution in [0.4, 0.5) is 0 Å². The zero-order valence-corrected chi connectivity index (χ0v) is 17.5. The van der Waals surface area contributed by atoms with Gasteiger partial charge < -0.3 is 9.30 Å². The fourth-order valence-electron chi connectivity index (χ4n) is 3.37. The molecule has 1 aliphatic heterocycles. The van der Waals surface area contributed by atoms with Crippen LogP contribution in [-0.4, -0.2) is 36.5 Å². The molecule has 1 aliphatic rings. The molecule has 146 valence electrons. The molecule has 0 saturated carbocycles. The number of rotatable bonds is 4. The highest BCUT2D eigenvalue weighted by atomic mass is 32.2. The molecule has 6 nitrogen and oxygen atoms in total. The molecule has 0 unspecified atom stereocenters. The second-order valence-electron chi connectivity index (χ2n) is 7.38. The number of ether oxygens (including phenoxy) is 1. The maximum atomic E-state index is 13.1. The summed E-state index contributed by atoms with van der Waals surface area (Å²) in [7, 11) is -1.87. The van der Waals surface area contributed by atoms with E-state index < -0.39 is 10.0 Å². The average molecular weight is 391 g/mol. The fourth-order valence-corrected chi connectivity index (χ4v) is 5.44. The molecular weight excluding hydrogens is 364 g/mol. The van der Waals surface area contributed by atoms with Crippen LogP contribution in [0.25, 0.3) is 0 Å². The summed E-state index contributed by atoms with van der Waals surface area (Å²) < 4.78 is 35.1. The van der Waals surface area contributed by atoms with Crippen molar-refractivity contribution in [2.24, 2.45) is 7.05 Å². The number of sulfonamides is 1. The van der Waals surface area contributed by atoms with Crippen molar-refractivity contribution in [1.82, 2.24) is 8.87 Å². The zero-order valence-electron chi connectivity index (χ0n) is 16.7. The summed E-state index contributed by atoms with van der Waals surface area (Å²) in [5.41, 5.74) is 4.19. The van der Waals surface area contributed by atoms with E-state index in [1.165, 1.54) is 14.9 Å². The summed E-state index contributed by atoms with van der Waals surface area (Å²) in [6, 6.07) is 5.24. The van der Waals surface area contributed by atoms with E-state index in [9.17, 15) is 13.2 Å². The molecule has 3 rings (SSSR count). The lowest BCUT2D eigenvalue weighted by Crippen LogP contribution is -2.56. The van der Waals surface area contributed by atoms with Crippen molar-refractivity contribution >= 4 is 10.0 Å². The largest absolute Gasteiger partial charge is 0.487 e. The second kappa shape index (κ2) is 6.80. The van der Waals surface area contributed by atoms with Crippen molar-refractivity contribution in [2.75, 3.05) is 13.1 Å². The van der Waals surface area contributed by atoms with Gasteiger partial charge in [-0.3, -0.25) is 4.79 Å². The molecule has 7 heteroatoms. The molecule has 0 aliphatic carbocycles. The van der Waals surface area contributed by atoms with Crippen LogP contribution >= 0.6 is 0 Å². The third-order valence-corrected chi connectivity index (χ3v) is 7.60. The lowest BCUT2D eigenvalue weighted by molar-refractivity contribution is 0.0758. The van der Waals surface area contributed by atoms with Gasteiger partial charge >= 0.3 is 0 Å². The summed E-state index contributed by atoms with van der Waals surface area (Å²) in [5, 5.41) is 0. The molecule has 1 aromatic heterocycles. The van der Waals surface area contributed by atoms with Gasteiger partial charge in [0.15, 0.2) is 0 Å². The van der Waals surface area contributed by atoms with Crippen molar-refractivity contribution in [3.05, 3.63) is 56.5 Å². The Morgan fingerprint density at radius 1 is 0.963 bits per heavy atom. The Bertz CT molecular complexity index is 1040. The van der Waals surface area contributed by atoms with E-state index in [2.05, 4.69) is 0 Å². The molecule has 1 aromatic carbocycles. The van der Waals surface area contributed by atoms with E-state index >= 15 is 0 Å². The molecule has 27 heavy (non-hydrogen) atoms. The Hall–Kier alpha value is -2.12. The van der Waals surface area contributed by atoms with E-state index in [-0.39, 0.29) is 24.8 Å². The fraction of sp³-hybridized carbons (Fsp3) is 0.450. The highest BCUT2D eigenvalue weighted by Gasteiger charge is 2.40. The van der Waals surface area contributed by atoms with Crippen LogP contribution < -0.4 is 10.3 Å². The van der Waals surface area contributed by atoms with Crippen molar-refractivity contribution < 1.29 is 13.2 Å². The predicted molar refractivity (Wildman–Crippen MR) is 105 cm³/mol. The Kier molecular flexibility index (Phi) is 4.94. The first-order chi connectivity index (χ1) is 12.5. The number of hydrogen-bond acceptors (Lipinski definition) is 4. The number of aromatic nitrogens is 1. The lowest BCUT2D eigenvalue weighted by Gasteiger charge is -2.38. The summed E-state index contributed by atoms with van der Waals surface area (Å²) >= 11 is 0. The Labute approximate surface area is 160 Å². The van der Waals surface area contributed by atoms with Crippen molar-refractivity contribution in [1.29, 1.82) is 0 Å². The highest BCUT2D eigenvalue weighted by Crippen LogP contribution is 2.31. The summed E-state index contributed by atoms with van der Waals surface area (Å²) in [5.74, 6) is 0.483. The summed E-state index contributed by atoms with van der Waals surface area (Å²) in [6.07, 6.45) is -0.252. The van der Waals surface area contributed by atoms with Gasteiger partial charge in [0.1, 0.15) is 11.9 Å². The minimum atomic E-state index is -3.57. The van der Waals surface area contributed by atoms with Crippen LogP contribution in [0.15, 0.2) is 27.9 Å². The first kappa shape index (κ1) is 19.6. The van der Waals surface area contributed by atoms with Crippen LogP contribution in [0.5, 0.6) is 5.75 Å². The molecule has 0 N–H and O–H groups in total. The molecule has 0 amide bonds. The van der Waals surface area contributed by atoms with Crippen LogP contribution in [0.2, 0.25) is 0 Å². The molecule has 1 saturated heterocycles. The van der Waals surface area contributed by atoms with Gasteiger partial charge in [-0.15, -0.1) is 0 Å². The number of benzene rings is 1. The van der Waals surface area contributed by atoms with Gasteiger partial charge in [-0.2, -0.15) is 4.31 Å². The zero-order chi connectivity index (χ0) is 20.1. The van der Waals surface area contributed by atoms with E-state index in [1.54, 1.807) is 13.1 Å². The van der Waals surface area contributed by atoms with E-state index in [4.69, 9.17) is 4.74 Å². The average Bonchev–Trinajstić information content (AvgIpc) is 2.53. The summed E-state index contributed by atoms with van der Waals surface area (Å²) in [4.78, 5) is 12.3. The monoisotopic (exact) mass is 390 g/mol. The Morgan fingerprint density at radius 2 is 1.52 bits per heavy atom. The maximum Gasteiger partial charge on any atom is 0.254 e. The van der Waals surface area contributed by atoms with Crippen LogP contribution in [0.1, 0.15) is 27.9 Å². The number of pyridine rings is 1. The predicted octanol–water partition coefficient (Wildman–Crippen LogP) is 2.38. The van der Waals surface area contributed by atoms with E-state index in [1.807, 2.05) is 40.7 Å². The number of nitrogens with zero attached hydrogens (tertiary/aromatic N) is 2. The molecule has 0 spiro atoms. The standard InChI is InChI=1S/C20H26N2O4S/c1-12-7-13(2)16(5)20(15(12)4)27(24,25)22-10-18(11-22)26-17-8-14(3)21(6)19(23)9-17/h7-9,18H,10-11H2,1-6H3. The second-order valence-corrected chi connectivity index (χ2v) is 9.26. The van der Waals surface area contributed by atoms with Gasteiger partial charge in [-0.1, -0.05) is 6.07 Å². The smallest absolute Gasteiger partial charge is 0.254 e. The Morgan fingerprint density at radius 3 is 2.04 bits per heavy atom. The molecular formula is C20H26N2O4S. The van der Waals surface area contributed by atoms with Gasteiger partial charge in [0, 0.05) is 18.8 Å². The third kappa shape index (κ3) is 3.41. The summed E-state index contributed by atoms with van der Waals surface area (Å²) in [6.45, 7) is 9.96. The van der Waals surface area contributed by atoms with Gasteiger partial charge in [0.25, 0.3) is 5.56 Å². The van der Waals surface area contributed by atoms with Crippen LogP contribution in [-0.2, 0) is 17.1 Å². The minimum Gasteiger partial charge on any atom is -0.487 e. The number of hydrogen-bond donors (Lipinski definition) is 0. The third-order valence-electron chi connectivity index (χ3n) is 5.49. The van der Waals surface area contributed by atoms with E-state index in [0.717, 1.165) is 27.9 Å². The Balaban J connectivity index is 1.79. The first-order valence-corrected chi connectivity index (χ1v) is 10.4. The van der Waals surface area contributed by atoms with Crippen LogP contribution in [0.3, 0.4) is 0 Å². The van der Waals surface area contributed by atoms with Gasteiger partial charge in [0.05, 0.1) is 18.0 Å². The first-order valence-electron chi connectivity index (χ1n) is 8.94. The highest BCUT2D eigenvalue weighted by molar-refractivity contribution is 7.89. The minimum absolute atomic E-state index is 0.143. The maximum absolute atomic E-state index is 13.1. The van der Waals surface area contributed by atoms with Crippen molar-refractivity contribution in [3.63, 3.8) is 0 Å². The SMILES string of the molecule is Cc1cc(C)c(C)c(S(=O)(=O)N2CC(Oc3cc(C)n(C)c(=O)c3)C2)c1C. The van der Waals surface area contributed by atoms with Crippen molar-refractivity contribution in [3.8, 4) is 5.75 Å². The van der Waals surface area contributed by atoms with Crippen LogP contribution in [0, 0.1) is 34.6 Å². The molecule has 2 aromatic rings. The molecule has 0 bridgehead atoms.